The summed E-state index contributed by atoms with van der Waals surface area (Å²) < 4.78 is 8.49. The van der Waals surface area contributed by atoms with Gasteiger partial charge in [-0.05, 0) is 57.4 Å². The molecule has 0 spiro atoms. The number of aromatic nitrogens is 3. The van der Waals surface area contributed by atoms with E-state index in [4.69, 9.17) is 9.84 Å². The molecular weight excluding hydrogens is 450 g/mol. The summed E-state index contributed by atoms with van der Waals surface area (Å²) in [6.07, 6.45) is 4.78. The van der Waals surface area contributed by atoms with Crippen molar-refractivity contribution in [2.45, 2.75) is 46.9 Å². The zero-order valence-electron chi connectivity index (χ0n) is 20.7. The summed E-state index contributed by atoms with van der Waals surface area (Å²) in [6.45, 7) is 5.49. The van der Waals surface area contributed by atoms with Crippen LogP contribution in [0.4, 0.5) is 5.95 Å². The molecule has 2 aromatic heterocycles. The molecule has 186 valence electrons. The average Bonchev–Trinajstić information content (AvgIpc) is 3.19. The first-order valence-electron chi connectivity index (χ1n) is 11.3. The van der Waals surface area contributed by atoms with Gasteiger partial charge in [-0.1, -0.05) is 12.1 Å². The number of carboxylic acids is 1. The molecule has 0 bridgehead atoms. The van der Waals surface area contributed by atoms with Crippen molar-refractivity contribution in [3.63, 3.8) is 0 Å². The lowest BCUT2D eigenvalue weighted by molar-refractivity contribution is -0.157. The third-order valence-electron chi connectivity index (χ3n) is 5.26. The van der Waals surface area contributed by atoms with E-state index < -0.39 is 17.4 Å². The van der Waals surface area contributed by atoms with Gasteiger partial charge in [0.15, 0.2) is 6.73 Å². The van der Waals surface area contributed by atoms with E-state index in [0.717, 1.165) is 18.4 Å². The van der Waals surface area contributed by atoms with Crippen molar-refractivity contribution >= 4 is 35.3 Å². The highest BCUT2D eigenvalue weighted by molar-refractivity contribution is 5.87. The smallest absolute Gasteiger partial charge is 0.335 e. The molecule has 3 rings (SSSR count). The van der Waals surface area contributed by atoms with E-state index in [-0.39, 0.29) is 23.8 Å². The van der Waals surface area contributed by atoms with Gasteiger partial charge in [0.2, 0.25) is 5.95 Å². The lowest BCUT2D eigenvalue weighted by Gasteiger charge is -2.18. The summed E-state index contributed by atoms with van der Waals surface area (Å²) in [5.41, 5.74) is 1.11. The first-order chi connectivity index (χ1) is 16.5. The van der Waals surface area contributed by atoms with Crippen LogP contribution in [-0.4, -0.2) is 56.5 Å². The van der Waals surface area contributed by atoms with Crippen LogP contribution in [0.15, 0.2) is 46.3 Å². The number of fused-ring (bicyclic) bond motifs is 1. The number of carbonyl (C=O) groups excluding carboxylic acids is 1. The van der Waals surface area contributed by atoms with Crippen LogP contribution in [0.25, 0.3) is 11.0 Å². The predicted octanol–water partition coefficient (Wildman–Crippen LogP) is 3.30. The minimum atomic E-state index is -0.957. The van der Waals surface area contributed by atoms with E-state index in [1.807, 2.05) is 4.57 Å². The zero-order valence-corrected chi connectivity index (χ0v) is 20.7. The van der Waals surface area contributed by atoms with Crippen LogP contribution in [-0.2, 0) is 29.2 Å². The molecule has 1 aromatic carbocycles. The fourth-order valence-electron chi connectivity index (χ4n) is 3.35. The normalized spacial score (nSPS) is 11.8. The zero-order chi connectivity index (χ0) is 25.8. The van der Waals surface area contributed by atoms with Crippen LogP contribution in [0.1, 0.15) is 43.1 Å². The van der Waals surface area contributed by atoms with Gasteiger partial charge in [-0.2, -0.15) is 0 Å². The number of nitrogens with zero attached hydrogens (tertiary/aromatic N) is 5. The van der Waals surface area contributed by atoms with E-state index in [1.165, 1.54) is 10.9 Å². The van der Waals surface area contributed by atoms with Crippen LogP contribution in [0.2, 0.25) is 0 Å². The topological polar surface area (TPSA) is 119 Å². The van der Waals surface area contributed by atoms with Crippen LogP contribution in [0, 0.1) is 5.41 Å². The van der Waals surface area contributed by atoms with Gasteiger partial charge < -0.3 is 19.3 Å². The Morgan fingerprint density at radius 1 is 1.17 bits per heavy atom. The second-order valence-corrected chi connectivity index (χ2v) is 9.51. The van der Waals surface area contributed by atoms with E-state index in [2.05, 4.69) is 9.98 Å². The number of esters is 1. The predicted molar refractivity (Wildman–Crippen MR) is 133 cm³/mol. The van der Waals surface area contributed by atoms with E-state index >= 15 is 0 Å². The summed E-state index contributed by atoms with van der Waals surface area (Å²) in [5.74, 6) is -1.24. The van der Waals surface area contributed by atoms with Gasteiger partial charge in [0.25, 0.3) is 5.56 Å². The molecule has 35 heavy (non-hydrogen) atoms. The minimum Gasteiger partial charge on any atom is -0.478 e. The van der Waals surface area contributed by atoms with Gasteiger partial charge in [0.1, 0.15) is 5.52 Å². The maximum Gasteiger partial charge on any atom is 0.335 e. The second kappa shape index (κ2) is 10.5. The molecule has 10 nitrogen and oxygen atoms in total. The molecule has 1 N–H and O–H groups in total. The number of aliphatic imine (C=N–C) groups is 1. The van der Waals surface area contributed by atoms with E-state index in [1.54, 1.807) is 76.3 Å². The number of rotatable bonds is 9. The Morgan fingerprint density at radius 2 is 1.86 bits per heavy atom. The Bertz CT molecular complexity index is 1300. The third-order valence-corrected chi connectivity index (χ3v) is 5.26. The highest BCUT2D eigenvalue weighted by atomic mass is 16.5. The number of aromatic carboxylic acids is 1. The molecule has 0 amide bonds. The van der Waals surface area contributed by atoms with Gasteiger partial charge in [0.05, 0.1) is 22.8 Å². The summed E-state index contributed by atoms with van der Waals surface area (Å²) in [5, 5.41) is 9.03. The monoisotopic (exact) mass is 481 g/mol. The molecule has 10 heteroatoms. The highest BCUT2D eigenvalue weighted by Crippen LogP contribution is 2.19. The summed E-state index contributed by atoms with van der Waals surface area (Å²) in [6, 6.07) is 8.52. The molecule has 0 aliphatic carbocycles. The Kier molecular flexibility index (Phi) is 7.73. The van der Waals surface area contributed by atoms with Crippen molar-refractivity contribution in [3.8, 4) is 0 Å². The number of ether oxygens (including phenoxy) is 1. The highest BCUT2D eigenvalue weighted by Gasteiger charge is 2.24. The van der Waals surface area contributed by atoms with Gasteiger partial charge in [-0.3, -0.25) is 9.59 Å². The largest absolute Gasteiger partial charge is 0.478 e. The third kappa shape index (κ3) is 6.34. The van der Waals surface area contributed by atoms with Crippen molar-refractivity contribution in [2.24, 2.45) is 10.4 Å². The number of carboxylic acid groups (broad SMARTS) is 1. The number of aryl methyl sites for hydroxylation is 2. The first-order valence-corrected chi connectivity index (χ1v) is 11.3. The van der Waals surface area contributed by atoms with Crippen molar-refractivity contribution in [1.29, 1.82) is 0 Å². The van der Waals surface area contributed by atoms with Crippen molar-refractivity contribution < 1.29 is 19.4 Å². The van der Waals surface area contributed by atoms with Crippen LogP contribution < -0.4 is 5.56 Å². The molecule has 0 unspecified atom stereocenters. The van der Waals surface area contributed by atoms with Crippen molar-refractivity contribution in [1.82, 2.24) is 19.0 Å². The lowest BCUT2D eigenvalue weighted by Crippen LogP contribution is -2.29. The molecule has 0 aliphatic heterocycles. The molecular formula is C25H31N5O5. The Morgan fingerprint density at radius 3 is 2.46 bits per heavy atom. The molecule has 0 fully saturated rings. The SMILES string of the molecule is CN(C)/C=N/c1nc2ccn(CCCc3ccc(C(=O)O)cc3)c2c(=O)n1COC(=O)C(C)(C)C. The van der Waals surface area contributed by atoms with Gasteiger partial charge in [-0.15, -0.1) is 0 Å². The molecule has 0 saturated heterocycles. The molecule has 3 aromatic rings. The maximum atomic E-state index is 13.4. The summed E-state index contributed by atoms with van der Waals surface area (Å²) in [7, 11) is 3.60. The Labute approximate surface area is 203 Å². The van der Waals surface area contributed by atoms with Crippen LogP contribution in [0.5, 0.6) is 0 Å². The Balaban J connectivity index is 1.86. The van der Waals surface area contributed by atoms with Crippen LogP contribution >= 0.6 is 0 Å². The van der Waals surface area contributed by atoms with Gasteiger partial charge in [0, 0.05) is 26.8 Å². The fraction of sp³-hybridized carbons (Fsp3) is 0.400. The first kappa shape index (κ1) is 25.7. The van der Waals surface area contributed by atoms with Crippen molar-refractivity contribution in [2.75, 3.05) is 14.1 Å². The second-order valence-electron chi connectivity index (χ2n) is 9.51. The molecule has 0 saturated carbocycles. The molecule has 0 aliphatic rings. The van der Waals surface area contributed by atoms with Crippen molar-refractivity contribution in [3.05, 3.63) is 58.0 Å². The summed E-state index contributed by atoms with van der Waals surface area (Å²) >= 11 is 0. The van der Waals surface area contributed by atoms with Crippen LogP contribution in [0.3, 0.4) is 0 Å². The quantitative estimate of drug-likeness (QED) is 0.283. The van der Waals surface area contributed by atoms with E-state index in [0.29, 0.717) is 17.6 Å². The van der Waals surface area contributed by atoms with Gasteiger partial charge >= 0.3 is 11.9 Å². The number of hydrogen-bond acceptors (Lipinski definition) is 6. The molecule has 0 atom stereocenters. The van der Waals surface area contributed by atoms with Gasteiger partial charge in [-0.25, -0.2) is 19.3 Å². The fourth-order valence-corrected chi connectivity index (χ4v) is 3.35. The molecule has 0 radical (unpaired) electrons. The number of benzene rings is 1. The van der Waals surface area contributed by atoms with E-state index in [9.17, 15) is 14.4 Å². The average molecular weight is 482 g/mol. The molecule has 2 heterocycles. The summed E-state index contributed by atoms with van der Waals surface area (Å²) in [4.78, 5) is 47.3. The lowest BCUT2D eigenvalue weighted by atomic mass is 9.98. The number of carbonyl (C=O) groups is 2. The number of hydrogen-bond donors (Lipinski definition) is 1. The maximum absolute atomic E-state index is 13.4. The Hall–Kier alpha value is -3.95. The standard InChI is InChI=1S/C25H31N5O5/c1-25(2,3)23(34)35-16-30-21(31)20-19(27-24(30)26-15-28(4)5)12-14-29(20)13-6-7-17-8-10-18(11-9-17)22(32)33/h8-12,14-15H,6-7,13,16H2,1-5H3,(H,32,33)/b26-15+. The minimum absolute atomic E-state index is 0.147.